The zero-order valence-electron chi connectivity index (χ0n) is 11.3. The lowest BCUT2D eigenvalue weighted by Gasteiger charge is -2.56. The van der Waals surface area contributed by atoms with E-state index in [1.54, 1.807) is 12.2 Å². The lowest BCUT2D eigenvalue weighted by atomic mass is 9.50. The van der Waals surface area contributed by atoms with E-state index >= 15 is 0 Å². The third-order valence-corrected chi connectivity index (χ3v) is 5.55. The predicted molar refractivity (Wildman–Crippen MR) is 70.4 cm³/mol. The Morgan fingerprint density at radius 1 is 1.16 bits per heavy atom. The van der Waals surface area contributed by atoms with Crippen LogP contribution < -0.4 is 0 Å². The number of carbonyl (C=O) groups excluding carboxylic acids is 1. The largest absolute Gasteiger partial charge is 0.348 e. The molecule has 3 heteroatoms. The molecule has 0 amide bonds. The van der Waals surface area contributed by atoms with Crippen molar-refractivity contribution in [1.29, 1.82) is 0 Å². The minimum Gasteiger partial charge on any atom is -0.348 e. The molecule has 4 saturated carbocycles. The van der Waals surface area contributed by atoms with Gasteiger partial charge in [0.25, 0.3) is 0 Å². The second-order valence-electron chi connectivity index (χ2n) is 7.23. The Labute approximate surface area is 114 Å². The first kappa shape index (κ1) is 12.1. The predicted octanol–water partition coefficient (Wildman–Crippen LogP) is 2.70. The van der Waals surface area contributed by atoms with Crippen molar-refractivity contribution in [3.05, 3.63) is 12.2 Å². The molecule has 4 bridgehead atoms. The van der Waals surface area contributed by atoms with Gasteiger partial charge in [-0.25, -0.2) is 0 Å². The van der Waals surface area contributed by atoms with Gasteiger partial charge in [0.15, 0.2) is 12.1 Å². The van der Waals surface area contributed by atoms with Gasteiger partial charge in [-0.3, -0.25) is 4.79 Å². The van der Waals surface area contributed by atoms with E-state index in [0.717, 1.165) is 24.4 Å². The average molecular weight is 262 g/mol. The summed E-state index contributed by atoms with van der Waals surface area (Å²) < 4.78 is 11.3. The number of hydrogen-bond donors (Lipinski definition) is 0. The van der Waals surface area contributed by atoms with E-state index in [0.29, 0.717) is 5.41 Å². The molecule has 0 N–H and O–H groups in total. The van der Waals surface area contributed by atoms with Crippen LogP contribution in [0.25, 0.3) is 0 Å². The van der Waals surface area contributed by atoms with Crippen LogP contribution in [0.1, 0.15) is 38.5 Å². The summed E-state index contributed by atoms with van der Waals surface area (Å²) in [6, 6.07) is 0. The Morgan fingerprint density at radius 2 is 1.79 bits per heavy atom. The zero-order chi connectivity index (χ0) is 12.9. The van der Waals surface area contributed by atoms with E-state index in [4.69, 9.17) is 9.47 Å². The van der Waals surface area contributed by atoms with Crippen LogP contribution in [0.5, 0.6) is 0 Å². The van der Waals surface area contributed by atoms with Crippen LogP contribution in [-0.4, -0.2) is 25.3 Å². The van der Waals surface area contributed by atoms with Gasteiger partial charge in [0, 0.05) is 0 Å². The molecule has 104 valence electrons. The molecule has 0 aromatic rings. The molecule has 0 saturated heterocycles. The zero-order valence-corrected chi connectivity index (χ0v) is 11.3. The molecule has 1 aliphatic heterocycles. The van der Waals surface area contributed by atoms with Crippen LogP contribution in [0.4, 0.5) is 0 Å². The summed E-state index contributed by atoms with van der Waals surface area (Å²) in [6.45, 7) is 0.988. The molecule has 0 aromatic heterocycles. The lowest BCUT2D eigenvalue weighted by Crippen LogP contribution is -2.48. The molecule has 1 atom stereocenters. The van der Waals surface area contributed by atoms with Gasteiger partial charge in [-0.1, -0.05) is 0 Å². The second kappa shape index (κ2) is 4.42. The highest BCUT2D eigenvalue weighted by Gasteiger charge is 2.51. The molecule has 3 nitrogen and oxygen atoms in total. The van der Waals surface area contributed by atoms with Crippen LogP contribution >= 0.6 is 0 Å². The van der Waals surface area contributed by atoms with Crippen molar-refractivity contribution in [2.75, 3.05) is 13.2 Å². The minimum absolute atomic E-state index is 0.0367. The number of hydrogen-bond acceptors (Lipinski definition) is 3. The smallest absolute Gasteiger partial charge is 0.181 e. The van der Waals surface area contributed by atoms with E-state index in [-0.39, 0.29) is 18.7 Å². The van der Waals surface area contributed by atoms with Crippen molar-refractivity contribution in [3.8, 4) is 0 Å². The molecule has 5 aliphatic rings. The third-order valence-electron chi connectivity index (χ3n) is 5.55. The van der Waals surface area contributed by atoms with Gasteiger partial charge >= 0.3 is 0 Å². The fourth-order valence-electron chi connectivity index (χ4n) is 5.28. The van der Waals surface area contributed by atoms with Crippen molar-refractivity contribution >= 4 is 5.78 Å². The summed E-state index contributed by atoms with van der Waals surface area (Å²) in [7, 11) is 0. The molecular weight excluding hydrogens is 240 g/mol. The number of ketones is 1. The van der Waals surface area contributed by atoms with Crippen LogP contribution in [0.15, 0.2) is 12.2 Å². The van der Waals surface area contributed by atoms with E-state index < -0.39 is 0 Å². The highest BCUT2D eigenvalue weighted by Crippen LogP contribution is 2.60. The van der Waals surface area contributed by atoms with E-state index in [9.17, 15) is 4.79 Å². The summed E-state index contributed by atoms with van der Waals surface area (Å²) in [4.78, 5) is 11.1. The van der Waals surface area contributed by atoms with Gasteiger partial charge in [-0.2, -0.15) is 0 Å². The van der Waals surface area contributed by atoms with Gasteiger partial charge in [0.2, 0.25) is 0 Å². The highest BCUT2D eigenvalue weighted by atomic mass is 16.7. The van der Waals surface area contributed by atoms with E-state index in [2.05, 4.69) is 0 Å². The first-order chi connectivity index (χ1) is 9.21. The molecule has 1 unspecified atom stereocenters. The van der Waals surface area contributed by atoms with Crippen molar-refractivity contribution in [2.24, 2.45) is 23.2 Å². The van der Waals surface area contributed by atoms with Crippen molar-refractivity contribution in [3.63, 3.8) is 0 Å². The SMILES string of the molecule is O=C1C=CC(OCC23CC4CC(CC(C4)C2)C3)OC1. The molecule has 0 spiro atoms. The Balaban J connectivity index is 1.40. The molecule has 19 heavy (non-hydrogen) atoms. The molecule has 1 heterocycles. The second-order valence-corrected chi connectivity index (χ2v) is 7.23. The summed E-state index contributed by atoms with van der Waals surface area (Å²) in [5, 5.41) is 0. The third kappa shape index (κ3) is 2.27. The molecular formula is C16H22O3. The monoisotopic (exact) mass is 262 g/mol. The minimum atomic E-state index is -0.300. The van der Waals surface area contributed by atoms with Crippen LogP contribution in [-0.2, 0) is 14.3 Å². The maximum atomic E-state index is 11.1. The first-order valence-corrected chi connectivity index (χ1v) is 7.65. The molecule has 4 aliphatic carbocycles. The van der Waals surface area contributed by atoms with Gasteiger partial charge in [0.05, 0.1) is 6.61 Å². The summed E-state index contributed by atoms with van der Waals surface area (Å²) in [5.41, 5.74) is 0.424. The van der Waals surface area contributed by atoms with Crippen molar-refractivity contribution in [1.82, 2.24) is 0 Å². The lowest BCUT2D eigenvalue weighted by molar-refractivity contribution is -0.171. The molecule has 0 radical (unpaired) electrons. The average Bonchev–Trinajstić information content (AvgIpc) is 2.36. The Morgan fingerprint density at radius 3 is 2.32 bits per heavy atom. The summed E-state index contributed by atoms with van der Waals surface area (Å²) >= 11 is 0. The number of ether oxygens (including phenoxy) is 2. The Bertz CT molecular complexity index is 377. The quantitative estimate of drug-likeness (QED) is 0.784. The first-order valence-electron chi connectivity index (χ1n) is 7.65. The maximum Gasteiger partial charge on any atom is 0.181 e. The van der Waals surface area contributed by atoms with Crippen LogP contribution in [0.2, 0.25) is 0 Å². The molecule has 0 aromatic carbocycles. The standard InChI is InChI=1S/C16H22O3/c17-14-1-2-15(18-9-14)19-10-16-6-11-3-12(7-16)5-13(4-11)8-16/h1-2,11-13,15H,3-10H2. The van der Waals surface area contributed by atoms with Crippen LogP contribution in [0, 0.1) is 23.2 Å². The summed E-state index contributed by atoms with van der Waals surface area (Å²) in [5.74, 6) is 2.91. The van der Waals surface area contributed by atoms with Gasteiger partial charge in [-0.15, -0.1) is 0 Å². The van der Waals surface area contributed by atoms with E-state index in [1.165, 1.54) is 38.5 Å². The topological polar surface area (TPSA) is 35.5 Å². The van der Waals surface area contributed by atoms with E-state index in [1.807, 2.05) is 0 Å². The number of rotatable bonds is 3. The van der Waals surface area contributed by atoms with Crippen LogP contribution in [0.3, 0.4) is 0 Å². The van der Waals surface area contributed by atoms with Crippen molar-refractivity contribution < 1.29 is 14.3 Å². The normalized spacial score (nSPS) is 47.9. The molecule has 5 rings (SSSR count). The fourth-order valence-corrected chi connectivity index (χ4v) is 5.28. The maximum absolute atomic E-state index is 11.1. The Hall–Kier alpha value is -0.670. The fraction of sp³-hybridized carbons (Fsp3) is 0.812. The molecule has 4 fully saturated rings. The van der Waals surface area contributed by atoms with Gasteiger partial charge in [0.1, 0.15) is 6.61 Å². The summed E-state index contributed by atoms with van der Waals surface area (Å²) in [6.07, 6.45) is 11.5. The highest BCUT2D eigenvalue weighted by molar-refractivity contribution is 5.91. The van der Waals surface area contributed by atoms with Crippen molar-refractivity contribution in [2.45, 2.75) is 44.8 Å². The number of carbonyl (C=O) groups is 1. The Kier molecular flexibility index (Phi) is 2.82. The van der Waals surface area contributed by atoms with Gasteiger partial charge < -0.3 is 9.47 Å². The van der Waals surface area contributed by atoms with Gasteiger partial charge in [-0.05, 0) is 73.8 Å².